The van der Waals surface area contributed by atoms with Gasteiger partial charge in [0.25, 0.3) is 5.91 Å². The van der Waals surface area contributed by atoms with Gasteiger partial charge in [-0.2, -0.15) is 0 Å². The maximum atomic E-state index is 13.9. The van der Waals surface area contributed by atoms with Crippen LogP contribution in [0.3, 0.4) is 0 Å². The van der Waals surface area contributed by atoms with E-state index in [-0.39, 0.29) is 23.8 Å². The minimum atomic E-state index is -0.357. The molecular weight excluding hydrogens is 394 g/mol. The van der Waals surface area contributed by atoms with Gasteiger partial charge in [0.2, 0.25) is 5.91 Å². The summed E-state index contributed by atoms with van der Waals surface area (Å²) in [5, 5.41) is 2.04. The van der Waals surface area contributed by atoms with Crippen LogP contribution in [0.1, 0.15) is 53.5 Å². The summed E-state index contributed by atoms with van der Waals surface area (Å²) >= 11 is 1.64. The Morgan fingerprint density at radius 1 is 1.10 bits per heavy atom. The SMILES string of the molecule is CCN1CCN(C(=O)[C@H]2c3ccccc3C(=O)N(CC(C)C)[C@H]2c2cccs2)CC1. The lowest BCUT2D eigenvalue weighted by molar-refractivity contribution is -0.136. The Balaban J connectivity index is 1.77. The van der Waals surface area contributed by atoms with Gasteiger partial charge in [0.1, 0.15) is 0 Å². The van der Waals surface area contributed by atoms with Gasteiger partial charge < -0.3 is 14.7 Å². The molecule has 0 saturated carbocycles. The zero-order valence-electron chi connectivity index (χ0n) is 18.1. The van der Waals surface area contributed by atoms with E-state index in [1.807, 2.05) is 45.5 Å². The summed E-state index contributed by atoms with van der Waals surface area (Å²) in [7, 11) is 0. The van der Waals surface area contributed by atoms with Crippen molar-refractivity contribution in [1.82, 2.24) is 14.7 Å². The number of fused-ring (bicyclic) bond motifs is 1. The Bertz CT molecular complexity index is 888. The van der Waals surface area contributed by atoms with E-state index in [9.17, 15) is 9.59 Å². The van der Waals surface area contributed by atoms with Gasteiger partial charge in [-0.25, -0.2) is 0 Å². The predicted octanol–water partition coefficient (Wildman–Crippen LogP) is 3.85. The summed E-state index contributed by atoms with van der Waals surface area (Å²) in [4.78, 5) is 34.8. The maximum absolute atomic E-state index is 13.9. The molecule has 1 fully saturated rings. The first-order valence-electron chi connectivity index (χ1n) is 11.0. The Kier molecular flexibility index (Phi) is 6.25. The molecule has 160 valence electrons. The van der Waals surface area contributed by atoms with Gasteiger partial charge in [0, 0.05) is 43.2 Å². The number of piperazine rings is 1. The van der Waals surface area contributed by atoms with Crippen LogP contribution in [0.15, 0.2) is 41.8 Å². The molecule has 4 rings (SSSR count). The molecule has 2 atom stereocenters. The lowest BCUT2D eigenvalue weighted by atomic mass is 9.80. The van der Waals surface area contributed by atoms with Crippen LogP contribution in [-0.4, -0.2) is 65.8 Å². The number of rotatable bonds is 5. The van der Waals surface area contributed by atoms with Crippen LogP contribution in [-0.2, 0) is 4.79 Å². The van der Waals surface area contributed by atoms with Crippen LogP contribution in [0.2, 0.25) is 0 Å². The zero-order chi connectivity index (χ0) is 21.3. The van der Waals surface area contributed by atoms with Gasteiger partial charge in [-0.1, -0.05) is 45.0 Å². The second-order valence-electron chi connectivity index (χ2n) is 8.64. The normalized spacial score (nSPS) is 22.5. The lowest BCUT2D eigenvalue weighted by Crippen LogP contribution is -2.53. The molecule has 3 heterocycles. The number of nitrogens with zero attached hydrogens (tertiary/aromatic N) is 3. The van der Waals surface area contributed by atoms with Crippen LogP contribution >= 0.6 is 11.3 Å². The second-order valence-corrected chi connectivity index (χ2v) is 9.62. The van der Waals surface area contributed by atoms with Crippen molar-refractivity contribution in [2.45, 2.75) is 32.7 Å². The van der Waals surface area contributed by atoms with Crippen LogP contribution < -0.4 is 0 Å². The van der Waals surface area contributed by atoms with Gasteiger partial charge >= 0.3 is 0 Å². The molecule has 1 saturated heterocycles. The average molecular weight is 426 g/mol. The van der Waals surface area contributed by atoms with Crippen LogP contribution in [0, 0.1) is 5.92 Å². The van der Waals surface area contributed by atoms with Crippen molar-refractivity contribution in [3.63, 3.8) is 0 Å². The van der Waals surface area contributed by atoms with E-state index < -0.39 is 0 Å². The Morgan fingerprint density at radius 3 is 2.47 bits per heavy atom. The molecule has 30 heavy (non-hydrogen) atoms. The molecule has 1 aromatic carbocycles. The quantitative estimate of drug-likeness (QED) is 0.731. The molecule has 2 aliphatic rings. The fraction of sp³-hybridized carbons (Fsp3) is 0.500. The van der Waals surface area contributed by atoms with Crippen molar-refractivity contribution in [2.75, 3.05) is 39.3 Å². The van der Waals surface area contributed by atoms with Gasteiger partial charge in [0.05, 0.1) is 12.0 Å². The predicted molar refractivity (Wildman–Crippen MR) is 121 cm³/mol. The van der Waals surface area contributed by atoms with Crippen molar-refractivity contribution in [2.24, 2.45) is 5.92 Å². The molecule has 0 aliphatic carbocycles. The minimum absolute atomic E-state index is 0.0394. The molecular formula is C24H31N3O2S. The first-order valence-corrected chi connectivity index (χ1v) is 11.8. The van der Waals surface area contributed by atoms with E-state index in [4.69, 9.17) is 0 Å². The summed E-state index contributed by atoms with van der Waals surface area (Å²) < 4.78 is 0. The van der Waals surface area contributed by atoms with Crippen LogP contribution in [0.25, 0.3) is 0 Å². The Hall–Kier alpha value is -2.18. The van der Waals surface area contributed by atoms with Crippen molar-refractivity contribution in [3.05, 3.63) is 57.8 Å². The van der Waals surface area contributed by atoms with E-state index in [1.54, 1.807) is 11.3 Å². The Morgan fingerprint density at radius 2 is 1.83 bits per heavy atom. The maximum Gasteiger partial charge on any atom is 0.254 e. The van der Waals surface area contributed by atoms with Gasteiger partial charge in [-0.15, -0.1) is 11.3 Å². The zero-order valence-corrected chi connectivity index (χ0v) is 18.9. The number of carbonyl (C=O) groups excluding carboxylic acids is 2. The number of carbonyl (C=O) groups is 2. The van der Waals surface area contributed by atoms with Crippen molar-refractivity contribution in [3.8, 4) is 0 Å². The molecule has 2 aromatic rings. The number of hydrogen-bond acceptors (Lipinski definition) is 4. The smallest absolute Gasteiger partial charge is 0.254 e. The van der Waals surface area contributed by atoms with Crippen molar-refractivity contribution >= 4 is 23.2 Å². The van der Waals surface area contributed by atoms with Gasteiger partial charge in [0.15, 0.2) is 0 Å². The molecule has 6 heteroatoms. The summed E-state index contributed by atoms with van der Waals surface area (Å²) in [5.74, 6) is 0.158. The second kappa shape index (κ2) is 8.90. The minimum Gasteiger partial charge on any atom is -0.340 e. The highest BCUT2D eigenvalue weighted by molar-refractivity contribution is 7.10. The first kappa shape index (κ1) is 21.1. The lowest BCUT2D eigenvalue weighted by Gasteiger charge is -2.44. The van der Waals surface area contributed by atoms with Gasteiger partial charge in [-0.3, -0.25) is 9.59 Å². The number of likely N-dealkylation sites (N-methyl/N-ethyl adjacent to an activating group) is 1. The number of thiophene rings is 1. The molecule has 0 unspecified atom stereocenters. The molecule has 2 aliphatic heterocycles. The topological polar surface area (TPSA) is 43.9 Å². The molecule has 1 aromatic heterocycles. The fourth-order valence-electron chi connectivity index (χ4n) is 4.71. The third-order valence-corrected chi connectivity index (χ3v) is 7.18. The summed E-state index contributed by atoms with van der Waals surface area (Å²) in [6, 6.07) is 11.5. The highest BCUT2D eigenvalue weighted by atomic mass is 32.1. The van der Waals surface area contributed by atoms with E-state index in [0.29, 0.717) is 18.0 Å². The molecule has 0 spiro atoms. The first-order chi connectivity index (χ1) is 14.5. The number of benzene rings is 1. The summed E-state index contributed by atoms with van der Waals surface area (Å²) in [6.45, 7) is 11.4. The van der Waals surface area contributed by atoms with Crippen LogP contribution in [0.4, 0.5) is 0 Å². The monoisotopic (exact) mass is 425 g/mol. The van der Waals surface area contributed by atoms with Crippen molar-refractivity contribution in [1.29, 1.82) is 0 Å². The summed E-state index contributed by atoms with van der Waals surface area (Å²) in [5.41, 5.74) is 1.56. The standard InChI is InChI=1S/C24H31N3O2S/c1-4-25-11-13-26(14-12-25)24(29)21-18-8-5-6-9-19(18)23(28)27(16-17(2)3)22(21)20-10-7-15-30-20/h5-10,15,17,21-22H,4,11-14,16H2,1-3H3/t21-,22-/m0/s1. The van der Waals surface area contributed by atoms with E-state index in [0.717, 1.165) is 43.2 Å². The molecule has 0 N–H and O–H groups in total. The van der Waals surface area contributed by atoms with Crippen molar-refractivity contribution < 1.29 is 9.59 Å². The number of hydrogen-bond donors (Lipinski definition) is 0. The fourth-order valence-corrected chi connectivity index (χ4v) is 5.58. The van der Waals surface area contributed by atoms with E-state index in [2.05, 4.69) is 31.7 Å². The Labute approximate surface area is 183 Å². The van der Waals surface area contributed by atoms with E-state index in [1.165, 1.54) is 0 Å². The number of amides is 2. The third kappa shape index (κ3) is 3.91. The average Bonchev–Trinajstić information content (AvgIpc) is 3.29. The highest BCUT2D eigenvalue weighted by Gasteiger charge is 2.46. The largest absolute Gasteiger partial charge is 0.340 e. The highest BCUT2D eigenvalue weighted by Crippen LogP contribution is 2.45. The third-order valence-electron chi connectivity index (χ3n) is 6.23. The molecule has 0 bridgehead atoms. The molecule has 2 amide bonds. The van der Waals surface area contributed by atoms with E-state index >= 15 is 0 Å². The van der Waals surface area contributed by atoms with Crippen LogP contribution in [0.5, 0.6) is 0 Å². The van der Waals surface area contributed by atoms with Gasteiger partial charge in [-0.05, 0) is 35.5 Å². The molecule has 0 radical (unpaired) electrons. The molecule has 5 nitrogen and oxygen atoms in total. The summed E-state index contributed by atoms with van der Waals surface area (Å²) in [6.07, 6.45) is 0.